The summed E-state index contributed by atoms with van der Waals surface area (Å²) in [5, 5.41) is 3.38. The average molecular weight is 453 g/mol. The number of rotatable bonds is 10. The van der Waals surface area contributed by atoms with Gasteiger partial charge >= 0.3 is 0 Å². The van der Waals surface area contributed by atoms with E-state index in [-0.39, 0.29) is 0 Å². The van der Waals surface area contributed by atoms with Gasteiger partial charge in [-0.25, -0.2) is 0 Å². The molecule has 0 atom stereocenters. The zero-order chi connectivity index (χ0) is 23.2. The third-order valence-electron chi connectivity index (χ3n) is 4.94. The molecule has 3 N–H and O–H groups in total. The van der Waals surface area contributed by atoms with Gasteiger partial charge in [0.05, 0.1) is 6.61 Å². The van der Waals surface area contributed by atoms with E-state index in [0.717, 1.165) is 54.3 Å². The second-order valence-corrected chi connectivity index (χ2v) is 8.10. The van der Waals surface area contributed by atoms with Crippen LogP contribution in [0.1, 0.15) is 42.9 Å². The molecule has 0 saturated heterocycles. The molecule has 4 nitrogen and oxygen atoms in total. The molecule has 3 aromatic carbocycles. The normalized spacial score (nSPS) is 10.1. The van der Waals surface area contributed by atoms with Gasteiger partial charge in [-0.15, -0.1) is 0 Å². The first-order valence-corrected chi connectivity index (χ1v) is 11.4. The molecule has 0 spiro atoms. The second kappa shape index (κ2) is 14.2. The molecule has 170 valence electrons. The van der Waals surface area contributed by atoms with E-state index < -0.39 is 0 Å². The lowest BCUT2D eigenvalue weighted by Crippen LogP contribution is -1.98. The van der Waals surface area contributed by atoms with Crippen LogP contribution in [0.5, 0.6) is 5.75 Å². The molecule has 32 heavy (non-hydrogen) atoms. The maximum atomic E-state index is 10.1. The maximum absolute atomic E-state index is 10.1. The Hall–Kier alpha value is -2.98. The van der Waals surface area contributed by atoms with Crippen molar-refractivity contribution in [3.8, 4) is 5.75 Å². The third kappa shape index (κ3) is 9.44. The molecular formula is C27H33ClN2O2. The fraction of sp³-hybridized carbons (Fsp3) is 0.296. The van der Waals surface area contributed by atoms with E-state index in [4.69, 9.17) is 22.1 Å². The number of hydrogen-bond acceptors (Lipinski definition) is 3. The predicted octanol–water partition coefficient (Wildman–Crippen LogP) is 6.84. The van der Waals surface area contributed by atoms with Gasteiger partial charge in [0.15, 0.2) is 0 Å². The van der Waals surface area contributed by atoms with Crippen molar-refractivity contribution >= 4 is 29.4 Å². The van der Waals surface area contributed by atoms with Crippen LogP contribution in [-0.4, -0.2) is 13.0 Å². The molecule has 0 radical (unpaired) electrons. The minimum atomic E-state index is 0.651. The molecule has 0 aliphatic heterocycles. The second-order valence-electron chi connectivity index (χ2n) is 7.67. The minimum Gasteiger partial charge on any atom is -0.494 e. The van der Waals surface area contributed by atoms with Crippen molar-refractivity contribution in [2.24, 2.45) is 0 Å². The quantitative estimate of drug-likeness (QED) is 0.201. The number of carbonyl (C=O) groups excluding carboxylic acids is 1. The summed E-state index contributed by atoms with van der Waals surface area (Å²) < 4.78 is 5.77. The monoisotopic (exact) mass is 452 g/mol. The molecule has 0 saturated carbocycles. The molecular weight excluding hydrogens is 420 g/mol. The fourth-order valence-electron chi connectivity index (χ4n) is 3.27. The Morgan fingerprint density at radius 2 is 1.75 bits per heavy atom. The lowest BCUT2D eigenvalue weighted by Gasteiger charge is -2.07. The number of ether oxygens (including phenoxy) is 1. The number of carbonyl (C=O) groups is 1. The van der Waals surface area contributed by atoms with Crippen LogP contribution in [0, 0.1) is 6.92 Å². The van der Waals surface area contributed by atoms with Crippen molar-refractivity contribution < 1.29 is 9.53 Å². The SMILES string of the molecule is CCCc1ccc(OCCCCc2cccc(Cl)c2)cc1.Cc1cc(N)ccc1NC=O. The smallest absolute Gasteiger partial charge is 0.211 e. The number of nitrogens with one attached hydrogen (secondary N) is 1. The first-order valence-electron chi connectivity index (χ1n) is 11.0. The number of aryl methyl sites for hydroxylation is 3. The lowest BCUT2D eigenvalue weighted by molar-refractivity contribution is -0.105. The molecule has 1 amide bonds. The van der Waals surface area contributed by atoms with Crippen molar-refractivity contribution in [3.63, 3.8) is 0 Å². The Morgan fingerprint density at radius 1 is 0.969 bits per heavy atom. The van der Waals surface area contributed by atoms with Gasteiger partial charge in [-0.05, 0) is 91.8 Å². The lowest BCUT2D eigenvalue weighted by atomic mass is 10.1. The number of halogens is 1. The molecule has 0 fully saturated rings. The van der Waals surface area contributed by atoms with Gasteiger partial charge in [0.25, 0.3) is 0 Å². The van der Waals surface area contributed by atoms with Gasteiger partial charge in [0.1, 0.15) is 5.75 Å². The van der Waals surface area contributed by atoms with E-state index in [1.165, 1.54) is 17.5 Å². The molecule has 0 aliphatic rings. The molecule has 3 aromatic rings. The number of benzene rings is 3. The van der Waals surface area contributed by atoms with Gasteiger partial charge in [-0.3, -0.25) is 4.79 Å². The Balaban J connectivity index is 0.000000278. The Morgan fingerprint density at radius 3 is 2.41 bits per heavy atom. The fourth-order valence-corrected chi connectivity index (χ4v) is 3.48. The number of nitrogens with two attached hydrogens (primary N) is 1. The first kappa shape index (κ1) is 25.3. The largest absolute Gasteiger partial charge is 0.494 e. The number of anilines is 2. The summed E-state index contributed by atoms with van der Waals surface area (Å²) in [6.45, 7) is 4.86. The van der Waals surface area contributed by atoms with Crippen LogP contribution in [0.3, 0.4) is 0 Å². The minimum absolute atomic E-state index is 0.651. The summed E-state index contributed by atoms with van der Waals surface area (Å²) in [7, 11) is 0. The predicted molar refractivity (Wildman–Crippen MR) is 136 cm³/mol. The molecule has 0 aromatic heterocycles. The summed E-state index contributed by atoms with van der Waals surface area (Å²) in [5.41, 5.74) is 10.7. The van der Waals surface area contributed by atoms with Crippen LogP contribution in [0.2, 0.25) is 5.02 Å². The van der Waals surface area contributed by atoms with Crippen molar-refractivity contribution in [2.75, 3.05) is 17.7 Å². The van der Waals surface area contributed by atoms with Gasteiger partial charge in [0, 0.05) is 16.4 Å². The van der Waals surface area contributed by atoms with E-state index in [1.54, 1.807) is 12.1 Å². The number of amides is 1. The number of unbranched alkanes of at least 4 members (excludes halogenated alkanes) is 1. The van der Waals surface area contributed by atoms with Crippen molar-refractivity contribution in [1.29, 1.82) is 0 Å². The van der Waals surface area contributed by atoms with Crippen molar-refractivity contribution in [2.45, 2.75) is 46.0 Å². The molecule has 0 heterocycles. The van der Waals surface area contributed by atoms with Crippen LogP contribution < -0.4 is 15.8 Å². The van der Waals surface area contributed by atoms with E-state index in [0.29, 0.717) is 12.1 Å². The average Bonchev–Trinajstić information content (AvgIpc) is 2.77. The summed E-state index contributed by atoms with van der Waals surface area (Å²) in [5.74, 6) is 0.970. The van der Waals surface area contributed by atoms with Crippen LogP contribution >= 0.6 is 11.6 Å². The maximum Gasteiger partial charge on any atom is 0.211 e. The Bertz CT molecular complexity index is 958. The summed E-state index contributed by atoms with van der Waals surface area (Å²) >= 11 is 5.98. The highest BCUT2D eigenvalue weighted by Gasteiger charge is 1.98. The number of hydrogen-bond donors (Lipinski definition) is 2. The van der Waals surface area contributed by atoms with Crippen LogP contribution in [-0.2, 0) is 17.6 Å². The Labute approximate surface area is 196 Å². The molecule has 0 bridgehead atoms. The summed E-state index contributed by atoms with van der Waals surface area (Å²) in [4.78, 5) is 10.1. The van der Waals surface area contributed by atoms with Gasteiger partial charge in [-0.2, -0.15) is 0 Å². The van der Waals surface area contributed by atoms with Gasteiger partial charge in [-0.1, -0.05) is 49.2 Å². The number of nitrogen functional groups attached to an aromatic ring is 1. The van der Waals surface area contributed by atoms with E-state index >= 15 is 0 Å². The van der Waals surface area contributed by atoms with Gasteiger partial charge < -0.3 is 15.8 Å². The highest BCUT2D eigenvalue weighted by atomic mass is 35.5. The summed E-state index contributed by atoms with van der Waals surface area (Å²) in [6, 6.07) is 21.9. The first-order chi connectivity index (χ1) is 15.5. The zero-order valence-electron chi connectivity index (χ0n) is 18.9. The van der Waals surface area contributed by atoms with Crippen molar-refractivity contribution in [1.82, 2.24) is 0 Å². The van der Waals surface area contributed by atoms with Crippen LogP contribution in [0.15, 0.2) is 66.7 Å². The van der Waals surface area contributed by atoms with Gasteiger partial charge in [0.2, 0.25) is 6.41 Å². The molecule has 3 rings (SSSR count). The molecule has 0 aliphatic carbocycles. The van der Waals surface area contributed by atoms with E-state index in [1.807, 2.05) is 31.2 Å². The van der Waals surface area contributed by atoms with Crippen LogP contribution in [0.4, 0.5) is 11.4 Å². The summed E-state index contributed by atoms with van der Waals surface area (Å²) in [6.07, 6.45) is 6.21. The van der Waals surface area contributed by atoms with E-state index in [9.17, 15) is 4.79 Å². The van der Waals surface area contributed by atoms with E-state index in [2.05, 4.69) is 42.6 Å². The highest BCUT2D eigenvalue weighted by Crippen LogP contribution is 2.17. The highest BCUT2D eigenvalue weighted by molar-refractivity contribution is 6.30. The van der Waals surface area contributed by atoms with Crippen LogP contribution in [0.25, 0.3) is 0 Å². The third-order valence-corrected chi connectivity index (χ3v) is 5.18. The van der Waals surface area contributed by atoms with Crippen molar-refractivity contribution in [3.05, 3.63) is 88.4 Å². The Kier molecular flexibility index (Phi) is 11.2. The topological polar surface area (TPSA) is 64.3 Å². The molecule has 0 unspecified atom stereocenters. The molecule has 5 heteroatoms. The zero-order valence-corrected chi connectivity index (χ0v) is 19.7. The standard InChI is InChI=1S/C19H23ClO.C8H10N2O/c1-2-6-16-10-12-19(13-11-16)21-14-4-3-7-17-8-5-9-18(20)15-17;1-6-4-7(9)2-3-8(6)10-5-11/h5,8-13,15H,2-4,6-7,14H2,1H3;2-5H,9H2,1H3,(H,10,11).